The van der Waals surface area contributed by atoms with Crippen molar-refractivity contribution in [3.05, 3.63) is 32.9 Å². The number of hydrogen-bond donors (Lipinski definition) is 1. The molecule has 1 aromatic rings. The molecule has 0 spiro atoms. The van der Waals surface area contributed by atoms with Crippen molar-refractivity contribution in [2.75, 3.05) is 6.54 Å². The highest BCUT2D eigenvalue weighted by molar-refractivity contribution is 14.1. The van der Waals surface area contributed by atoms with Crippen molar-refractivity contribution in [2.45, 2.75) is 18.9 Å². The fourth-order valence-electron chi connectivity index (χ4n) is 2.11. The molecule has 0 radical (unpaired) electrons. The van der Waals surface area contributed by atoms with Gasteiger partial charge in [0, 0.05) is 10.1 Å². The summed E-state index contributed by atoms with van der Waals surface area (Å²) in [4.78, 5) is 24.4. The molecule has 1 unspecified atom stereocenters. The zero-order valence-electron chi connectivity index (χ0n) is 9.70. The van der Waals surface area contributed by atoms with Crippen molar-refractivity contribution < 1.29 is 23.5 Å². The topological polar surface area (TPSA) is 57.6 Å². The van der Waals surface area contributed by atoms with Crippen LogP contribution in [0.2, 0.25) is 0 Å². The highest BCUT2D eigenvalue weighted by Gasteiger charge is 2.35. The SMILES string of the molecule is O=C(O)C1CCCN1C(=O)c1cc(F)c(F)cc1I. The second-order valence-electron chi connectivity index (χ2n) is 4.24. The minimum atomic E-state index is -1.12. The Morgan fingerprint density at radius 2 is 1.95 bits per heavy atom. The summed E-state index contributed by atoms with van der Waals surface area (Å²) in [7, 11) is 0. The molecule has 1 fully saturated rings. The average molecular weight is 381 g/mol. The molecule has 1 aromatic carbocycles. The maximum atomic E-state index is 13.2. The molecule has 102 valence electrons. The van der Waals surface area contributed by atoms with Crippen molar-refractivity contribution in [3.63, 3.8) is 0 Å². The maximum absolute atomic E-state index is 13.2. The lowest BCUT2D eigenvalue weighted by Crippen LogP contribution is -2.40. The predicted octanol–water partition coefficient (Wildman–Crippen LogP) is 2.26. The van der Waals surface area contributed by atoms with Gasteiger partial charge >= 0.3 is 5.97 Å². The first-order chi connectivity index (χ1) is 8.91. The van der Waals surface area contributed by atoms with E-state index < -0.39 is 29.6 Å². The Kier molecular flexibility index (Phi) is 4.02. The van der Waals surface area contributed by atoms with Crippen molar-refractivity contribution in [1.29, 1.82) is 0 Å². The third-order valence-electron chi connectivity index (χ3n) is 3.04. The van der Waals surface area contributed by atoms with E-state index in [1.165, 1.54) is 4.90 Å². The molecule has 0 aliphatic carbocycles. The third kappa shape index (κ3) is 2.70. The van der Waals surface area contributed by atoms with E-state index in [4.69, 9.17) is 5.11 Å². The van der Waals surface area contributed by atoms with Gasteiger partial charge in [0.25, 0.3) is 5.91 Å². The molecule has 2 rings (SSSR count). The molecule has 1 atom stereocenters. The first-order valence-electron chi connectivity index (χ1n) is 5.60. The van der Waals surface area contributed by atoms with E-state index >= 15 is 0 Å². The molecule has 19 heavy (non-hydrogen) atoms. The number of likely N-dealkylation sites (tertiary alicyclic amines) is 1. The summed E-state index contributed by atoms with van der Waals surface area (Å²) in [5.74, 6) is -3.80. The Labute approximate surface area is 121 Å². The number of carbonyl (C=O) groups is 2. The highest BCUT2D eigenvalue weighted by atomic mass is 127. The fourth-order valence-corrected chi connectivity index (χ4v) is 2.77. The van der Waals surface area contributed by atoms with Gasteiger partial charge < -0.3 is 10.0 Å². The van der Waals surface area contributed by atoms with E-state index in [0.29, 0.717) is 19.4 Å². The van der Waals surface area contributed by atoms with E-state index in [1.807, 2.05) is 0 Å². The summed E-state index contributed by atoms with van der Waals surface area (Å²) in [6.07, 6.45) is 0.963. The van der Waals surface area contributed by atoms with Gasteiger partial charge in [-0.25, -0.2) is 13.6 Å². The molecule has 1 saturated heterocycles. The number of benzene rings is 1. The molecule has 0 saturated carbocycles. The molecule has 1 amide bonds. The van der Waals surface area contributed by atoms with E-state index in [-0.39, 0.29) is 9.13 Å². The average Bonchev–Trinajstić information content (AvgIpc) is 2.82. The Balaban J connectivity index is 2.34. The number of amides is 1. The maximum Gasteiger partial charge on any atom is 0.326 e. The Morgan fingerprint density at radius 3 is 2.58 bits per heavy atom. The van der Waals surface area contributed by atoms with E-state index in [0.717, 1.165) is 12.1 Å². The standard InChI is InChI=1S/C12H10F2INO3/c13-7-4-6(9(15)5-8(7)14)11(17)16-3-1-2-10(16)12(18)19/h4-5,10H,1-3H2,(H,18,19). The molecule has 1 aliphatic heterocycles. The molecule has 1 N–H and O–H groups in total. The van der Waals surface area contributed by atoms with Crippen LogP contribution in [-0.2, 0) is 4.79 Å². The number of carbonyl (C=O) groups excluding carboxylic acids is 1. The lowest BCUT2D eigenvalue weighted by molar-refractivity contribution is -0.141. The van der Waals surface area contributed by atoms with Crippen LogP contribution < -0.4 is 0 Å². The second-order valence-corrected chi connectivity index (χ2v) is 5.40. The molecular weight excluding hydrogens is 371 g/mol. The van der Waals surface area contributed by atoms with Crippen LogP contribution in [0.25, 0.3) is 0 Å². The van der Waals surface area contributed by atoms with E-state index in [2.05, 4.69) is 0 Å². The number of carboxylic acid groups (broad SMARTS) is 1. The van der Waals surface area contributed by atoms with E-state index in [1.54, 1.807) is 22.6 Å². The number of rotatable bonds is 2. The molecule has 1 aliphatic rings. The molecule has 4 nitrogen and oxygen atoms in total. The largest absolute Gasteiger partial charge is 0.480 e. The van der Waals surface area contributed by atoms with Gasteiger partial charge in [-0.3, -0.25) is 4.79 Å². The Morgan fingerprint density at radius 1 is 1.32 bits per heavy atom. The fraction of sp³-hybridized carbons (Fsp3) is 0.333. The van der Waals surface area contributed by atoms with Crippen molar-refractivity contribution in [3.8, 4) is 0 Å². The molecule has 7 heteroatoms. The lowest BCUT2D eigenvalue weighted by atomic mass is 10.1. The number of carboxylic acids is 1. The number of hydrogen-bond acceptors (Lipinski definition) is 2. The minimum absolute atomic E-state index is 0.00681. The summed E-state index contributed by atoms with van der Waals surface area (Å²) >= 11 is 1.73. The van der Waals surface area contributed by atoms with Gasteiger partial charge in [0.1, 0.15) is 6.04 Å². The quantitative estimate of drug-likeness (QED) is 0.632. The monoisotopic (exact) mass is 381 g/mol. The summed E-state index contributed by atoms with van der Waals surface area (Å²) in [5, 5.41) is 9.02. The third-order valence-corrected chi connectivity index (χ3v) is 3.93. The van der Waals surface area contributed by atoms with Crippen LogP contribution in [0.1, 0.15) is 23.2 Å². The predicted molar refractivity (Wildman–Crippen MR) is 70.8 cm³/mol. The van der Waals surface area contributed by atoms with Gasteiger partial charge in [-0.2, -0.15) is 0 Å². The number of aliphatic carboxylic acids is 1. The van der Waals surface area contributed by atoms with Crippen LogP contribution >= 0.6 is 22.6 Å². The highest BCUT2D eigenvalue weighted by Crippen LogP contribution is 2.24. The first kappa shape index (κ1) is 14.2. The normalized spacial score (nSPS) is 18.7. The van der Waals surface area contributed by atoms with Gasteiger partial charge in [0.05, 0.1) is 5.56 Å². The van der Waals surface area contributed by atoms with Crippen LogP contribution in [0.3, 0.4) is 0 Å². The number of nitrogens with zero attached hydrogens (tertiary/aromatic N) is 1. The molecular formula is C12H10F2INO3. The minimum Gasteiger partial charge on any atom is -0.480 e. The van der Waals surface area contributed by atoms with Crippen LogP contribution in [0.15, 0.2) is 12.1 Å². The van der Waals surface area contributed by atoms with Gasteiger partial charge in [0.15, 0.2) is 11.6 Å². The van der Waals surface area contributed by atoms with Crippen LogP contribution in [0.5, 0.6) is 0 Å². The zero-order valence-corrected chi connectivity index (χ0v) is 11.9. The zero-order chi connectivity index (χ0) is 14.2. The molecule has 0 bridgehead atoms. The van der Waals surface area contributed by atoms with Crippen molar-refractivity contribution in [1.82, 2.24) is 4.90 Å². The first-order valence-corrected chi connectivity index (χ1v) is 6.68. The van der Waals surface area contributed by atoms with Crippen molar-refractivity contribution >= 4 is 34.5 Å². The van der Waals surface area contributed by atoms with Gasteiger partial charge in [-0.15, -0.1) is 0 Å². The van der Waals surface area contributed by atoms with Crippen LogP contribution in [0.4, 0.5) is 8.78 Å². The van der Waals surface area contributed by atoms with Gasteiger partial charge in [-0.05, 0) is 47.6 Å². The summed E-state index contributed by atoms with van der Waals surface area (Å²) in [5.41, 5.74) is -0.00681. The smallest absolute Gasteiger partial charge is 0.326 e. The lowest BCUT2D eigenvalue weighted by Gasteiger charge is -2.22. The molecule has 1 heterocycles. The molecule has 0 aromatic heterocycles. The van der Waals surface area contributed by atoms with Crippen LogP contribution in [-0.4, -0.2) is 34.5 Å². The van der Waals surface area contributed by atoms with Gasteiger partial charge in [0.2, 0.25) is 0 Å². The second kappa shape index (κ2) is 5.40. The summed E-state index contributed by atoms with van der Waals surface area (Å²) < 4.78 is 26.5. The summed E-state index contributed by atoms with van der Waals surface area (Å²) in [6.45, 7) is 0.310. The Bertz CT molecular complexity index is 550. The van der Waals surface area contributed by atoms with Crippen LogP contribution in [0, 0.1) is 15.2 Å². The number of halogens is 3. The van der Waals surface area contributed by atoms with Gasteiger partial charge in [-0.1, -0.05) is 0 Å². The summed E-state index contributed by atoms with van der Waals surface area (Å²) in [6, 6.07) is 0.849. The Hall–Kier alpha value is -1.25. The van der Waals surface area contributed by atoms with Crippen molar-refractivity contribution in [2.24, 2.45) is 0 Å². The van der Waals surface area contributed by atoms with E-state index in [9.17, 15) is 18.4 Å².